The number of nitrogens with one attached hydrogen (secondary N) is 2. The molecule has 2 aromatic carbocycles. The second-order valence-electron chi connectivity index (χ2n) is 7.37. The van der Waals surface area contributed by atoms with Crippen LogP contribution in [0, 0.1) is 0 Å². The van der Waals surface area contributed by atoms with Gasteiger partial charge in [0.25, 0.3) is 5.91 Å². The second kappa shape index (κ2) is 9.03. The number of carbonyl (C=O) groups is 2. The van der Waals surface area contributed by atoms with Gasteiger partial charge in [0.1, 0.15) is 0 Å². The third-order valence-electron chi connectivity index (χ3n) is 3.74. The van der Waals surface area contributed by atoms with Crippen molar-refractivity contribution in [1.29, 1.82) is 0 Å². The Morgan fingerprint density at radius 1 is 1.04 bits per heavy atom. The van der Waals surface area contributed by atoms with E-state index in [1.54, 1.807) is 35.2 Å². The van der Waals surface area contributed by atoms with E-state index in [-0.39, 0.29) is 17.5 Å². The fourth-order valence-corrected chi connectivity index (χ4v) is 2.50. The van der Waals surface area contributed by atoms with E-state index < -0.39 is 0 Å². The first kappa shape index (κ1) is 20.2. The van der Waals surface area contributed by atoms with Crippen LogP contribution in [0.4, 0.5) is 10.5 Å². The summed E-state index contributed by atoms with van der Waals surface area (Å²) in [6.07, 6.45) is 1.70. The Morgan fingerprint density at radius 2 is 1.67 bits per heavy atom. The van der Waals surface area contributed by atoms with Crippen molar-refractivity contribution in [2.45, 2.75) is 32.9 Å². The van der Waals surface area contributed by atoms with Gasteiger partial charge >= 0.3 is 6.03 Å². The van der Waals surface area contributed by atoms with E-state index in [4.69, 9.17) is 0 Å². The zero-order chi connectivity index (χ0) is 19.9. The van der Waals surface area contributed by atoms with Crippen LogP contribution in [0.2, 0.25) is 0 Å². The maximum absolute atomic E-state index is 12.6. The number of carbonyl (C=O) groups excluding carboxylic acids is 2. The number of nitrogens with zero attached hydrogens (tertiary/aromatic N) is 1. The summed E-state index contributed by atoms with van der Waals surface area (Å²) in [5.41, 5.74) is 1.93. The van der Waals surface area contributed by atoms with E-state index in [1.165, 1.54) is 0 Å². The molecule has 5 heteroatoms. The molecule has 0 aliphatic heterocycles. The Bertz CT molecular complexity index is 777. The molecule has 2 N–H and O–H groups in total. The highest BCUT2D eigenvalue weighted by Gasteiger charge is 2.16. The molecule has 0 atom stereocenters. The summed E-state index contributed by atoms with van der Waals surface area (Å²) >= 11 is 0. The van der Waals surface area contributed by atoms with E-state index in [0.717, 1.165) is 5.56 Å². The van der Waals surface area contributed by atoms with Crippen LogP contribution in [0.5, 0.6) is 0 Å². The molecule has 0 fully saturated rings. The van der Waals surface area contributed by atoms with Crippen molar-refractivity contribution < 1.29 is 9.59 Å². The summed E-state index contributed by atoms with van der Waals surface area (Å²) in [4.78, 5) is 26.4. The molecule has 0 aliphatic carbocycles. The summed E-state index contributed by atoms with van der Waals surface area (Å²) in [7, 11) is 0. The minimum Gasteiger partial charge on any atom is -0.347 e. The Labute approximate surface area is 161 Å². The number of hydrogen-bond donors (Lipinski definition) is 2. The third-order valence-corrected chi connectivity index (χ3v) is 3.74. The summed E-state index contributed by atoms with van der Waals surface area (Å²) in [6.45, 7) is 10.4. The highest BCUT2D eigenvalue weighted by molar-refractivity contribution is 5.96. The van der Waals surface area contributed by atoms with Gasteiger partial charge in [0.05, 0.1) is 0 Å². The van der Waals surface area contributed by atoms with Crippen LogP contribution in [-0.4, -0.2) is 28.9 Å². The largest absolute Gasteiger partial charge is 0.347 e. The van der Waals surface area contributed by atoms with Gasteiger partial charge in [-0.2, -0.15) is 0 Å². The van der Waals surface area contributed by atoms with Crippen LogP contribution in [0.1, 0.15) is 36.7 Å². The maximum atomic E-state index is 12.6. The zero-order valence-electron chi connectivity index (χ0n) is 16.2. The highest BCUT2D eigenvalue weighted by atomic mass is 16.2. The molecule has 0 aliphatic rings. The van der Waals surface area contributed by atoms with Crippen LogP contribution < -0.4 is 10.6 Å². The predicted molar refractivity (Wildman–Crippen MR) is 110 cm³/mol. The lowest BCUT2D eigenvalue weighted by Crippen LogP contribution is -2.40. The van der Waals surface area contributed by atoms with Gasteiger partial charge in [-0.05, 0) is 50.6 Å². The van der Waals surface area contributed by atoms with Gasteiger partial charge < -0.3 is 15.5 Å². The lowest BCUT2D eigenvalue weighted by atomic mass is 10.1. The minimum absolute atomic E-state index is 0.141. The van der Waals surface area contributed by atoms with Crippen molar-refractivity contribution in [2.75, 3.05) is 11.9 Å². The molecule has 0 bridgehead atoms. The summed E-state index contributed by atoms with van der Waals surface area (Å²) in [6, 6.07) is 16.4. The van der Waals surface area contributed by atoms with Gasteiger partial charge in [0, 0.05) is 29.9 Å². The van der Waals surface area contributed by atoms with Crippen molar-refractivity contribution in [3.05, 3.63) is 78.4 Å². The SMILES string of the molecule is C=CCN(Cc1ccccc1)C(=O)Nc1ccc(C(=O)NC(C)(C)C)cc1. The molecule has 2 rings (SSSR count). The van der Waals surface area contributed by atoms with Crippen molar-refractivity contribution >= 4 is 17.6 Å². The van der Waals surface area contributed by atoms with Gasteiger partial charge in [-0.25, -0.2) is 4.79 Å². The van der Waals surface area contributed by atoms with E-state index in [2.05, 4.69) is 17.2 Å². The minimum atomic E-state index is -0.299. The average molecular weight is 365 g/mol. The van der Waals surface area contributed by atoms with Crippen LogP contribution >= 0.6 is 0 Å². The van der Waals surface area contributed by atoms with Crippen molar-refractivity contribution in [3.8, 4) is 0 Å². The molecule has 27 heavy (non-hydrogen) atoms. The molecule has 0 spiro atoms. The molecule has 2 aromatic rings. The zero-order valence-corrected chi connectivity index (χ0v) is 16.2. The average Bonchev–Trinajstić information content (AvgIpc) is 2.61. The standard InChI is InChI=1S/C22H27N3O2/c1-5-15-25(16-17-9-7-6-8-10-17)21(27)23-19-13-11-18(12-14-19)20(26)24-22(2,3)4/h5-14H,1,15-16H2,2-4H3,(H,23,27)(H,24,26). The fraction of sp³-hybridized carbons (Fsp3) is 0.273. The summed E-state index contributed by atoms with van der Waals surface area (Å²) in [5.74, 6) is -0.141. The lowest BCUT2D eigenvalue weighted by molar-refractivity contribution is 0.0919. The molecule has 0 unspecified atom stereocenters. The number of hydrogen-bond acceptors (Lipinski definition) is 2. The summed E-state index contributed by atoms with van der Waals surface area (Å²) in [5, 5.41) is 5.78. The fourth-order valence-electron chi connectivity index (χ4n) is 2.50. The van der Waals surface area contributed by atoms with E-state index >= 15 is 0 Å². The van der Waals surface area contributed by atoms with Gasteiger partial charge in [0.2, 0.25) is 0 Å². The Balaban J connectivity index is 2.02. The highest BCUT2D eigenvalue weighted by Crippen LogP contribution is 2.13. The van der Waals surface area contributed by atoms with Gasteiger partial charge in [-0.15, -0.1) is 6.58 Å². The molecule has 0 saturated carbocycles. The van der Waals surface area contributed by atoms with E-state index in [0.29, 0.717) is 24.3 Å². The monoisotopic (exact) mass is 365 g/mol. The molecule has 0 saturated heterocycles. The van der Waals surface area contributed by atoms with Crippen LogP contribution in [-0.2, 0) is 6.54 Å². The summed E-state index contributed by atoms with van der Waals surface area (Å²) < 4.78 is 0. The van der Waals surface area contributed by atoms with Crippen molar-refractivity contribution in [2.24, 2.45) is 0 Å². The molecular formula is C22H27N3O2. The first-order valence-corrected chi connectivity index (χ1v) is 8.92. The van der Waals surface area contributed by atoms with Crippen LogP contribution in [0.25, 0.3) is 0 Å². The van der Waals surface area contributed by atoms with Gasteiger partial charge in [-0.1, -0.05) is 36.4 Å². The number of urea groups is 1. The Morgan fingerprint density at radius 3 is 2.22 bits per heavy atom. The number of rotatable bonds is 6. The maximum Gasteiger partial charge on any atom is 0.322 e. The molecule has 0 heterocycles. The normalized spacial score (nSPS) is 10.8. The van der Waals surface area contributed by atoms with E-state index in [9.17, 15) is 9.59 Å². The van der Waals surface area contributed by atoms with Gasteiger partial charge in [-0.3, -0.25) is 4.79 Å². The molecule has 3 amide bonds. The van der Waals surface area contributed by atoms with Crippen LogP contribution in [0.15, 0.2) is 67.3 Å². The number of amides is 3. The second-order valence-corrected chi connectivity index (χ2v) is 7.37. The smallest absolute Gasteiger partial charge is 0.322 e. The third kappa shape index (κ3) is 6.62. The predicted octanol–water partition coefficient (Wildman–Crippen LogP) is 4.44. The molecular weight excluding hydrogens is 338 g/mol. The quantitative estimate of drug-likeness (QED) is 0.744. The van der Waals surface area contributed by atoms with Crippen molar-refractivity contribution in [3.63, 3.8) is 0 Å². The van der Waals surface area contributed by atoms with Gasteiger partial charge in [0.15, 0.2) is 0 Å². The van der Waals surface area contributed by atoms with E-state index in [1.807, 2.05) is 51.1 Å². The Hall–Kier alpha value is -3.08. The number of anilines is 1. The molecule has 0 radical (unpaired) electrons. The lowest BCUT2D eigenvalue weighted by Gasteiger charge is -2.22. The van der Waals surface area contributed by atoms with Crippen molar-refractivity contribution in [1.82, 2.24) is 10.2 Å². The topological polar surface area (TPSA) is 61.4 Å². The van der Waals surface area contributed by atoms with Crippen LogP contribution in [0.3, 0.4) is 0 Å². The first-order chi connectivity index (χ1) is 12.8. The number of benzene rings is 2. The Kier molecular flexibility index (Phi) is 6.77. The molecule has 5 nitrogen and oxygen atoms in total. The first-order valence-electron chi connectivity index (χ1n) is 8.92. The molecule has 142 valence electrons. The molecule has 0 aromatic heterocycles.